The quantitative estimate of drug-likeness (QED) is 0.474. The van der Waals surface area contributed by atoms with Crippen molar-refractivity contribution in [2.24, 2.45) is 4.99 Å². The van der Waals surface area contributed by atoms with Gasteiger partial charge in [0, 0.05) is 26.7 Å². The van der Waals surface area contributed by atoms with Crippen molar-refractivity contribution in [3.05, 3.63) is 41.5 Å². The lowest BCUT2D eigenvalue weighted by molar-refractivity contribution is -0.0498. The van der Waals surface area contributed by atoms with Crippen LogP contribution in [-0.2, 0) is 17.8 Å². The summed E-state index contributed by atoms with van der Waals surface area (Å²) in [5.41, 5.74) is 0.922. The SMILES string of the molecule is CCNC(=NCc1nc(C(C)OCC)no1)N(C)Cc1ccc(OC(F)F)cc1. The van der Waals surface area contributed by atoms with Gasteiger partial charge in [-0.2, -0.15) is 13.8 Å². The van der Waals surface area contributed by atoms with Gasteiger partial charge in [0.1, 0.15) is 18.4 Å². The first-order chi connectivity index (χ1) is 13.9. The number of hydrogen-bond acceptors (Lipinski definition) is 6. The normalized spacial score (nSPS) is 12.9. The first-order valence-electron chi connectivity index (χ1n) is 9.40. The van der Waals surface area contributed by atoms with E-state index in [0.717, 1.165) is 5.56 Å². The second-order valence-electron chi connectivity index (χ2n) is 6.19. The molecule has 1 heterocycles. The summed E-state index contributed by atoms with van der Waals surface area (Å²) in [5, 5.41) is 7.12. The van der Waals surface area contributed by atoms with Crippen molar-refractivity contribution in [2.45, 2.75) is 46.6 Å². The molecule has 0 amide bonds. The summed E-state index contributed by atoms with van der Waals surface area (Å²) in [6.07, 6.45) is -0.241. The van der Waals surface area contributed by atoms with Crippen LogP contribution in [0.4, 0.5) is 8.78 Å². The fraction of sp³-hybridized carbons (Fsp3) is 0.526. The number of alkyl halides is 2. The number of guanidine groups is 1. The highest BCUT2D eigenvalue weighted by Gasteiger charge is 2.14. The summed E-state index contributed by atoms with van der Waals surface area (Å²) in [6.45, 7) is 4.88. The van der Waals surface area contributed by atoms with Gasteiger partial charge in [-0.25, -0.2) is 4.99 Å². The van der Waals surface area contributed by atoms with E-state index in [4.69, 9.17) is 9.26 Å². The number of nitrogens with one attached hydrogen (secondary N) is 1. The third-order valence-corrected chi connectivity index (χ3v) is 3.89. The van der Waals surface area contributed by atoms with Crippen LogP contribution in [0.3, 0.4) is 0 Å². The second kappa shape index (κ2) is 11.3. The Labute approximate surface area is 168 Å². The van der Waals surface area contributed by atoms with Gasteiger partial charge >= 0.3 is 6.61 Å². The van der Waals surface area contributed by atoms with Gasteiger partial charge in [-0.1, -0.05) is 17.3 Å². The minimum Gasteiger partial charge on any atom is -0.435 e. The van der Waals surface area contributed by atoms with Crippen LogP contribution in [-0.4, -0.2) is 47.8 Å². The molecule has 1 aromatic heterocycles. The van der Waals surface area contributed by atoms with E-state index in [1.165, 1.54) is 12.1 Å². The average molecular weight is 411 g/mol. The maximum atomic E-state index is 12.3. The average Bonchev–Trinajstić information content (AvgIpc) is 3.15. The molecule has 0 radical (unpaired) electrons. The van der Waals surface area contributed by atoms with Crippen LogP contribution < -0.4 is 10.1 Å². The molecule has 29 heavy (non-hydrogen) atoms. The molecule has 1 N–H and O–H groups in total. The van der Waals surface area contributed by atoms with E-state index >= 15 is 0 Å². The number of aliphatic imine (C=N–C) groups is 1. The molecule has 0 saturated heterocycles. The molecule has 0 aliphatic heterocycles. The summed E-state index contributed by atoms with van der Waals surface area (Å²) in [4.78, 5) is 10.7. The lowest BCUT2D eigenvalue weighted by atomic mass is 10.2. The summed E-state index contributed by atoms with van der Waals surface area (Å²) in [6, 6.07) is 6.49. The minimum atomic E-state index is -2.84. The molecular formula is C19H27F2N5O3. The van der Waals surface area contributed by atoms with Crippen LogP contribution in [0.2, 0.25) is 0 Å². The summed E-state index contributed by atoms with van der Waals surface area (Å²) in [7, 11) is 1.88. The second-order valence-corrected chi connectivity index (χ2v) is 6.19. The van der Waals surface area contributed by atoms with Crippen LogP contribution in [0, 0.1) is 0 Å². The highest BCUT2D eigenvalue weighted by atomic mass is 19.3. The smallest absolute Gasteiger partial charge is 0.387 e. The fourth-order valence-electron chi connectivity index (χ4n) is 2.56. The topological polar surface area (TPSA) is 85.0 Å². The third kappa shape index (κ3) is 7.30. The standard InChI is InChI=1S/C19H27F2N5O3/c1-5-22-19(23-11-16-24-17(25-29-16)13(3)27-6-2)26(4)12-14-7-9-15(10-8-14)28-18(20)21/h7-10,13,18H,5-6,11-12H2,1-4H3,(H,22,23). The maximum absolute atomic E-state index is 12.3. The van der Waals surface area contributed by atoms with Gasteiger partial charge in [-0.15, -0.1) is 0 Å². The van der Waals surface area contributed by atoms with E-state index in [1.807, 2.05) is 32.7 Å². The van der Waals surface area contributed by atoms with Crippen LogP contribution in [0.1, 0.15) is 44.2 Å². The zero-order valence-corrected chi connectivity index (χ0v) is 17.1. The molecule has 8 nitrogen and oxygen atoms in total. The molecule has 2 aromatic rings. The number of aromatic nitrogens is 2. The largest absolute Gasteiger partial charge is 0.435 e. The maximum Gasteiger partial charge on any atom is 0.387 e. The van der Waals surface area contributed by atoms with Gasteiger partial charge < -0.3 is 24.2 Å². The van der Waals surface area contributed by atoms with Gasteiger partial charge in [-0.05, 0) is 38.5 Å². The molecule has 1 aromatic carbocycles. The first kappa shape index (κ1) is 22.5. The van der Waals surface area contributed by atoms with Gasteiger partial charge in [0.25, 0.3) is 0 Å². The van der Waals surface area contributed by atoms with Crippen molar-refractivity contribution >= 4 is 5.96 Å². The summed E-state index contributed by atoms with van der Waals surface area (Å²) < 4.78 is 39.6. The molecule has 0 aliphatic rings. The lowest BCUT2D eigenvalue weighted by Gasteiger charge is -2.22. The molecule has 1 unspecified atom stereocenters. The number of halogens is 2. The van der Waals surface area contributed by atoms with Crippen LogP contribution >= 0.6 is 0 Å². The van der Waals surface area contributed by atoms with Gasteiger partial charge in [0.05, 0.1) is 0 Å². The number of rotatable bonds is 10. The molecule has 0 bridgehead atoms. The number of hydrogen-bond donors (Lipinski definition) is 1. The van der Waals surface area contributed by atoms with Gasteiger partial charge in [0.2, 0.25) is 5.89 Å². The predicted octanol–water partition coefficient (Wildman–Crippen LogP) is 3.37. The molecule has 0 spiro atoms. The minimum absolute atomic E-state index is 0.125. The number of benzene rings is 1. The van der Waals surface area contributed by atoms with E-state index in [2.05, 4.69) is 25.2 Å². The van der Waals surface area contributed by atoms with Crippen molar-refractivity contribution in [2.75, 3.05) is 20.2 Å². The Balaban J connectivity index is 2.00. The molecule has 0 fully saturated rings. The Morgan fingerprint density at radius 2 is 2.00 bits per heavy atom. The molecule has 10 heteroatoms. The Bertz CT molecular complexity index is 767. The first-order valence-corrected chi connectivity index (χ1v) is 9.40. The Morgan fingerprint density at radius 1 is 1.28 bits per heavy atom. The van der Waals surface area contributed by atoms with Gasteiger partial charge in [-0.3, -0.25) is 0 Å². The lowest BCUT2D eigenvalue weighted by Crippen LogP contribution is -2.38. The van der Waals surface area contributed by atoms with Crippen molar-refractivity contribution in [3.8, 4) is 5.75 Å². The zero-order valence-electron chi connectivity index (χ0n) is 17.1. The van der Waals surface area contributed by atoms with E-state index in [-0.39, 0.29) is 18.4 Å². The Hall–Kier alpha value is -2.75. The van der Waals surface area contributed by atoms with Crippen molar-refractivity contribution in [1.82, 2.24) is 20.4 Å². The van der Waals surface area contributed by atoms with Crippen molar-refractivity contribution in [3.63, 3.8) is 0 Å². The monoisotopic (exact) mass is 411 g/mol. The third-order valence-electron chi connectivity index (χ3n) is 3.89. The molecule has 2 rings (SSSR count). The van der Waals surface area contributed by atoms with Crippen molar-refractivity contribution < 1.29 is 22.8 Å². The number of nitrogens with zero attached hydrogens (tertiary/aromatic N) is 4. The van der Waals surface area contributed by atoms with Gasteiger partial charge in [0.15, 0.2) is 11.8 Å². The molecule has 0 aliphatic carbocycles. The highest BCUT2D eigenvalue weighted by Crippen LogP contribution is 2.16. The van der Waals surface area contributed by atoms with E-state index in [1.54, 1.807) is 12.1 Å². The summed E-state index contributed by atoms with van der Waals surface area (Å²) >= 11 is 0. The summed E-state index contributed by atoms with van der Waals surface area (Å²) in [5.74, 6) is 1.66. The van der Waals surface area contributed by atoms with Crippen LogP contribution in [0.15, 0.2) is 33.8 Å². The van der Waals surface area contributed by atoms with E-state index in [9.17, 15) is 8.78 Å². The predicted molar refractivity (Wildman–Crippen MR) is 104 cm³/mol. The molecular weight excluding hydrogens is 384 g/mol. The highest BCUT2D eigenvalue weighted by molar-refractivity contribution is 5.79. The zero-order chi connectivity index (χ0) is 21.2. The Kier molecular flexibility index (Phi) is 8.78. The number of ether oxygens (including phenoxy) is 2. The van der Waals surface area contributed by atoms with E-state index in [0.29, 0.717) is 37.4 Å². The molecule has 1 atom stereocenters. The van der Waals surface area contributed by atoms with Crippen molar-refractivity contribution in [1.29, 1.82) is 0 Å². The fourth-order valence-corrected chi connectivity index (χ4v) is 2.56. The molecule has 0 saturated carbocycles. The van der Waals surface area contributed by atoms with Crippen LogP contribution in [0.5, 0.6) is 5.75 Å². The van der Waals surface area contributed by atoms with E-state index < -0.39 is 6.61 Å². The Morgan fingerprint density at radius 3 is 2.62 bits per heavy atom. The molecule has 160 valence electrons. The van der Waals surface area contributed by atoms with Crippen LogP contribution in [0.25, 0.3) is 0 Å².